The van der Waals surface area contributed by atoms with E-state index >= 15 is 0 Å². The predicted molar refractivity (Wildman–Crippen MR) is 119 cm³/mol. The van der Waals surface area contributed by atoms with E-state index in [0.29, 0.717) is 29.4 Å². The molecule has 1 atom stereocenters. The molecule has 0 aliphatic carbocycles. The van der Waals surface area contributed by atoms with E-state index in [-0.39, 0.29) is 24.8 Å². The second kappa shape index (κ2) is 9.08. The molecular weight excluding hydrogens is 418 g/mol. The van der Waals surface area contributed by atoms with E-state index < -0.39 is 12.0 Å². The van der Waals surface area contributed by atoms with Crippen molar-refractivity contribution in [3.8, 4) is 0 Å². The molecule has 0 radical (unpaired) electrons. The molecule has 0 saturated carbocycles. The van der Waals surface area contributed by atoms with E-state index in [0.717, 1.165) is 18.8 Å². The van der Waals surface area contributed by atoms with Gasteiger partial charge in [0.15, 0.2) is 0 Å². The molecule has 2 amide bonds. The quantitative estimate of drug-likeness (QED) is 0.525. The van der Waals surface area contributed by atoms with Crippen molar-refractivity contribution in [2.24, 2.45) is 0 Å². The Bertz CT molecular complexity index is 969. The van der Waals surface area contributed by atoms with Crippen LogP contribution in [-0.4, -0.2) is 61.5 Å². The average molecular weight is 442 g/mol. The van der Waals surface area contributed by atoms with Crippen molar-refractivity contribution in [1.29, 1.82) is 0 Å². The van der Waals surface area contributed by atoms with Crippen LogP contribution in [0.5, 0.6) is 0 Å². The zero-order valence-electron chi connectivity index (χ0n) is 17.3. The lowest BCUT2D eigenvalue weighted by Crippen LogP contribution is -2.52. The van der Waals surface area contributed by atoms with Gasteiger partial charge in [-0.05, 0) is 55.5 Å². The first-order valence-corrected chi connectivity index (χ1v) is 10.7. The third kappa shape index (κ3) is 4.43. The molecule has 7 nitrogen and oxygen atoms in total. The number of imide groups is 1. The van der Waals surface area contributed by atoms with Crippen LogP contribution in [0.3, 0.4) is 0 Å². The summed E-state index contributed by atoms with van der Waals surface area (Å²) in [6, 6.07) is 13.6. The number of hydrogen-bond donors (Lipinski definition) is 0. The molecule has 0 N–H and O–H groups in total. The number of hydrogen-bond acceptors (Lipinski definition) is 6. The third-order valence-corrected chi connectivity index (χ3v) is 5.96. The van der Waals surface area contributed by atoms with Gasteiger partial charge in [0.05, 0.1) is 30.3 Å². The fraction of sp³-hybridized carbons (Fsp3) is 0.348. The number of anilines is 2. The standard InChI is InChI=1S/C23H24ClN3O4/c1-2-31-23(30)16-3-7-19(8-4-16)27-21(28)15-20(22(27)29)26-13-11-25(12-14-26)18-9-5-17(24)6-10-18/h3-10,20H,2,11-15H2,1H3/t20-/m1/s1. The Kier molecular flexibility index (Phi) is 6.25. The minimum absolute atomic E-state index is 0.166. The Morgan fingerprint density at radius 3 is 2.19 bits per heavy atom. The number of benzene rings is 2. The number of nitrogens with zero attached hydrogens (tertiary/aromatic N) is 3. The largest absolute Gasteiger partial charge is 0.462 e. The van der Waals surface area contributed by atoms with Crippen LogP contribution in [-0.2, 0) is 14.3 Å². The summed E-state index contributed by atoms with van der Waals surface area (Å²) in [4.78, 5) is 43.1. The highest BCUT2D eigenvalue weighted by molar-refractivity contribution is 6.30. The van der Waals surface area contributed by atoms with Gasteiger partial charge >= 0.3 is 5.97 Å². The number of halogens is 1. The maximum Gasteiger partial charge on any atom is 0.338 e. The lowest BCUT2D eigenvalue weighted by atomic mass is 10.1. The number of amides is 2. The van der Waals surface area contributed by atoms with Crippen LogP contribution in [0.4, 0.5) is 11.4 Å². The summed E-state index contributed by atoms with van der Waals surface area (Å²) in [6.45, 7) is 4.96. The molecule has 2 fully saturated rings. The summed E-state index contributed by atoms with van der Waals surface area (Å²) in [5.41, 5.74) is 1.96. The molecule has 31 heavy (non-hydrogen) atoms. The van der Waals surface area contributed by atoms with Gasteiger partial charge in [-0.15, -0.1) is 0 Å². The van der Waals surface area contributed by atoms with Crippen molar-refractivity contribution in [2.75, 3.05) is 42.6 Å². The molecule has 0 unspecified atom stereocenters. The lowest BCUT2D eigenvalue weighted by molar-refractivity contribution is -0.123. The highest BCUT2D eigenvalue weighted by atomic mass is 35.5. The topological polar surface area (TPSA) is 70.2 Å². The van der Waals surface area contributed by atoms with Gasteiger partial charge in [-0.1, -0.05) is 11.6 Å². The van der Waals surface area contributed by atoms with Crippen molar-refractivity contribution in [2.45, 2.75) is 19.4 Å². The summed E-state index contributed by atoms with van der Waals surface area (Å²) < 4.78 is 4.97. The first kappa shape index (κ1) is 21.3. The molecule has 162 valence electrons. The predicted octanol–water partition coefficient (Wildman–Crippen LogP) is 2.97. The number of rotatable bonds is 5. The summed E-state index contributed by atoms with van der Waals surface area (Å²) in [7, 11) is 0. The van der Waals surface area contributed by atoms with Gasteiger partial charge in [-0.2, -0.15) is 0 Å². The van der Waals surface area contributed by atoms with Gasteiger partial charge in [0, 0.05) is 36.9 Å². The first-order valence-electron chi connectivity index (χ1n) is 10.4. The molecule has 0 spiro atoms. The second-order valence-electron chi connectivity index (χ2n) is 7.55. The van der Waals surface area contributed by atoms with Gasteiger partial charge in [0.1, 0.15) is 0 Å². The smallest absolute Gasteiger partial charge is 0.338 e. The number of carbonyl (C=O) groups excluding carboxylic acids is 3. The molecular formula is C23H24ClN3O4. The Labute approximate surface area is 186 Å². The molecule has 2 aromatic rings. The van der Waals surface area contributed by atoms with Crippen molar-refractivity contribution in [3.63, 3.8) is 0 Å². The van der Waals surface area contributed by atoms with E-state index in [4.69, 9.17) is 16.3 Å². The highest BCUT2D eigenvalue weighted by Gasteiger charge is 2.43. The fourth-order valence-corrected chi connectivity index (χ4v) is 4.20. The summed E-state index contributed by atoms with van der Waals surface area (Å²) in [5, 5.41) is 0.702. The zero-order valence-corrected chi connectivity index (χ0v) is 18.0. The Hall–Kier alpha value is -2.90. The number of carbonyl (C=O) groups is 3. The highest BCUT2D eigenvalue weighted by Crippen LogP contribution is 2.28. The second-order valence-corrected chi connectivity index (χ2v) is 7.99. The van der Waals surface area contributed by atoms with Gasteiger partial charge < -0.3 is 9.64 Å². The van der Waals surface area contributed by atoms with Crippen LogP contribution < -0.4 is 9.80 Å². The summed E-state index contributed by atoms with van der Waals surface area (Å²) in [5.74, 6) is -0.864. The SMILES string of the molecule is CCOC(=O)c1ccc(N2C(=O)C[C@@H](N3CCN(c4ccc(Cl)cc4)CC3)C2=O)cc1. The van der Waals surface area contributed by atoms with E-state index in [9.17, 15) is 14.4 Å². The van der Waals surface area contributed by atoms with Crippen molar-refractivity contribution in [3.05, 3.63) is 59.1 Å². The normalized spacial score (nSPS) is 19.7. The Morgan fingerprint density at radius 2 is 1.58 bits per heavy atom. The van der Waals surface area contributed by atoms with E-state index in [2.05, 4.69) is 9.80 Å². The molecule has 2 aromatic carbocycles. The molecule has 8 heteroatoms. The minimum atomic E-state index is -0.454. The molecule has 2 aliphatic rings. The summed E-state index contributed by atoms with van der Waals surface area (Å²) in [6.07, 6.45) is 0.166. The van der Waals surface area contributed by atoms with Crippen LogP contribution >= 0.6 is 11.6 Å². The maximum atomic E-state index is 13.1. The van der Waals surface area contributed by atoms with E-state index in [1.165, 1.54) is 4.90 Å². The van der Waals surface area contributed by atoms with Gasteiger partial charge in [0.25, 0.3) is 5.91 Å². The maximum absolute atomic E-state index is 13.1. The first-order chi connectivity index (χ1) is 15.0. The molecule has 2 heterocycles. The van der Waals surface area contributed by atoms with Crippen LogP contribution in [0.2, 0.25) is 5.02 Å². The molecule has 4 rings (SSSR count). The fourth-order valence-electron chi connectivity index (χ4n) is 4.08. The lowest BCUT2D eigenvalue weighted by Gasteiger charge is -2.38. The summed E-state index contributed by atoms with van der Waals surface area (Å²) >= 11 is 5.97. The number of piperazine rings is 1. The Balaban J connectivity index is 1.40. The van der Waals surface area contributed by atoms with Gasteiger partial charge in [-0.25, -0.2) is 9.69 Å². The van der Waals surface area contributed by atoms with Crippen LogP contribution in [0.15, 0.2) is 48.5 Å². The molecule has 0 bridgehead atoms. The van der Waals surface area contributed by atoms with Crippen molar-refractivity contribution in [1.82, 2.24) is 4.90 Å². The number of ether oxygens (including phenoxy) is 1. The van der Waals surface area contributed by atoms with Crippen LogP contribution in [0.1, 0.15) is 23.7 Å². The molecule has 0 aromatic heterocycles. The van der Waals surface area contributed by atoms with Crippen LogP contribution in [0.25, 0.3) is 0 Å². The molecule has 2 aliphatic heterocycles. The third-order valence-electron chi connectivity index (χ3n) is 5.71. The monoisotopic (exact) mass is 441 g/mol. The Morgan fingerprint density at radius 1 is 0.968 bits per heavy atom. The van der Waals surface area contributed by atoms with E-state index in [1.54, 1.807) is 31.2 Å². The van der Waals surface area contributed by atoms with Crippen LogP contribution in [0, 0.1) is 0 Å². The number of esters is 1. The van der Waals surface area contributed by atoms with Crippen molar-refractivity contribution < 1.29 is 19.1 Å². The van der Waals surface area contributed by atoms with Gasteiger partial charge in [0.2, 0.25) is 5.91 Å². The zero-order chi connectivity index (χ0) is 22.0. The van der Waals surface area contributed by atoms with Gasteiger partial charge in [-0.3, -0.25) is 14.5 Å². The minimum Gasteiger partial charge on any atom is -0.462 e. The average Bonchev–Trinajstić information content (AvgIpc) is 3.08. The van der Waals surface area contributed by atoms with Crippen molar-refractivity contribution >= 4 is 40.8 Å². The molecule has 2 saturated heterocycles. The van der Waals surface area contributed by atoms with E-state index in [1.807, 2.05) is 24.3 Å².